The Morgan fingerprint density at radius 2 is 1.81 bits per heavy atom. The highest BCUT2D eigenvalue weighted by molar-refractivity contribution is 7.87. The lowest BCUT2D eigenvalue weighted by Gasteiger charge is -2.12. The van der Waals surface area contributed by atoms with Gasteiger partial charge in [0.1, 0.15) is 23.1 Å². The highest BCUT2D eigenvalue weighted by Crippen LogP contribution is 2.34. The Morgan fingerprint density at radius 3 is 2.44 bits per heavy atom. The highest BCUT2D eigenvalue weighted by Gasteiger charge is 2.19. The van der Waals surface area contributed by atoms with Crippen molar-refractivity contribution in [3.05, 3.63) is 60.2 Å². The summed E-state index contributed by atoms with van der Waals surface area (Å²) in [6.45, 7) is 1.51. The largest absolute Gasteiger partial charge is 0.480 e. The lowest BCUT2D eigenvalue weighted by Crippen LogP contribution is -2.11. The Kier molecular flexibility index (Phi) is 5.55. The van der Waals surface area contributed by atoms with Crippen LogP contribution < -0.4 is 8.92 Å². The van der Waals surface area contributed by atoms with Crippen LogP contribution in [0.25, 0.3) is 33.7 Å². The van der Waals surface area contributed by atoms with Crippen LogP contribution in [0.5, 0.6) is 11.6 Å². The number of aryl methyl sites for hydroxylation is 1. The van der Waals surface area contributed by atoms with Gasteiger partial charge in [-0.15, -0.1) is 0 Å². The van der Waals surface area contributed by atoms with Gasteiger partial charge in [-0.05, 0) is 42.8 Å². The number of nitrogens with zero attached hydrogens (tertiary/aromatic N) is 4. The number of pyridine rings is 1. The normalized spacial score (nSPS) is 11.3. The third-order valence-electron chi connectivity index (χ3n) is 5.05. The lowest BCUT2D eigenvalue weighted by molar-refractivity contribution is 0.397. The number of hydrogen-bond acceptors (Lipinski definition) is 7. The first kappa shape index (κ1) is 21.3. The van der Waals surface area contributed by atoms with Gasteiger partial charge in [-0.1, -0.05) is 24.3 Å². The maximum atomic E-state index is 11.7. The van der Waals surface area contributed by atoms with Crippen molar-refractivity contribution in [1.29, 1.82) is 5.26 Å². The maximum absolute atomic E-state index is 11.7. The molecule has 0 bridgehead atoms. The number of imidazole rings is 1. The predicted molar refractivity (Wildman–Crippen MR) is 121 cm³/mol. The number of aromatic nitrogens is 3. The summed E-state index contributed by atoms with van der Waals surface area (Å²) in [6.07, 6.45) is 0. The van der Waals surface area contributed by atoms with Gasteiger partial charge >= 0.3 is 10.1 Å². The minimum atomic E-state index is -3.63. The molecule has 0 unspecified atom stereocenters. The summed E-state index contributed by atoms with van der Waals surface area (Å²) in [5.74, 6) is 0.881. The van der Waals surface area contributed by atoms with Crippen LogP contribution in [0.15, 0.2) is 54.6 Å². The first-order chi connectivity index (χ1) is 15.4. The second kappa shape index (κ2) is 8.32. The van der Waals surface area contributed by atoms with Crippen molar-refractivity contribution in [3.8, 4) is 40.3 Å². The second-order valence-electron chi connectivity index (χ2n) is 6.99. The molecule has 0 N–H and O–H groups in total. The number of methoxy groups -OCH3 is 1. The molecule has 0 atom stereocenters. The molecule has 0 saturated heterocycles. The van der Waals surface area contributed by atoms with E-state index in [2.05, 4.69) is 16.0 Å². The van der Waals surface area contributed by atoms with Crippen molar-refractivity contribution in [2.75, 3.05) is 12.9 Å². The van der Waals surface area contributed by atoms with Crippen molar-refractivity contribution in [2.24, 2.45) is 7.05 Å². The molecule has 32 heavy (non-hydrogen) atoms. The van der Waals surface area contributed by atoms with E-state index < -0.39 is 10.1 Å². The molecule has 162 valence electrons. The average Bonchev–Trinajstić information content (AvgIpc) is 3.15. The third kappa shape index (κ3) is 3.88. The third-order valence-corrected chi connectivity index (χ3v) is 6.20. The van der Waals surface area contributed by atoms with Gasteiger partial charge < -0.3 is 13.5 Å². The van der Waals surface area contributed by atoms with E-state index in [4.69, 9.17) is 8.92 Å². The van der Waals surface area contributed by atoms with Gasteiger partial charge in [-0.2, -0.15) is 13.7 Å². The molecule has 0 amide bonds. The van der Waals surface area contributed by atoms with Crippen LogP contribution in [0, 0.1) is 11.3 Å². The second-order valence-corrected chi connectivity index (χ2v) is 8.85. The maximum Gasteiger partial charge on any atom is 0.308 e. The molecule has 0 fully saturated rings. The summed E-state index contributed by atoms with van der Waals surface area (Å²) in [4.78, 5) is 9.21. The van der Waals surface area contributed by atoms with E-state index in [1.807, 2.05) is 35.9 Å². The van der Waals surface area contributed by atoms with Crippen LogP contribution in [-0.2, 0) is 17.2 Å². The summed E-state index contributed by atoms with van der Waals surface area (Å²) >= 11 is 0. The number of benzene rings is 2. The van der Waals surface area contributed by atoms with Crippen LogP contribution in [0.1, 0.15) is 12.5 Å². The molecule has 4 rings (SSSR count). The zero-order valence-electron chi connectivity index (χ0n) is 17.7. The molecule has 2 aromatic heterocycles. The van der Waals surface area contributed by atoms with Gasteiger partial charge in [0.15, 0.2) is 5.82 Å². The summed E-state index contributed by atoms with van der Waals surface area (Å²) < 4.78 is 35.8. The minimum Gasteiger partial charge on any atom is -0.480 e. The predicted octanol–water partition coefficient (Wildman–Crippen LogP) is 3.91. The standard InChI is InChI=1S/C23H20N4O4S/c1-4-32(28,29)31-16-11-9-15(10-12-16)17-13-20(26-23(30-3)18(17)14-24)22-25-19-7-5-6-8-21(19)27(22)2/h5-13H,4H2,1-3H3. The minimum absolute atomic E-state index is 0.129. The van der Waals surface area contributed by atoms with Gasteiger partial charge in [0.25, 0.3) is 0 Å². The first-order valence-electron chi connectivity index (χ1n) is 9.80. The van der Waals surface area contributed by atoms with E-state index in [1.54, 1.807) is 30.3 Å². The molecule has 2 aromatic carbocycles. The zero-order chi connectivity index (χ0) is 22.9. The van der Waals surface area contributed by atoms with Crippen molar-refractivity contribution >= 4 is 21.2 Å². The number of rotatable bonds is 6. The van der Waals surface area contributed by atoms with E-state index in [0.29, 0.717) is 22.6 Å². The van der Waals surface area contributed by atoms with E-state index in [9.17, 15) is 13.7 Å². The molecule has 0 saturated carbocycles. The van der Waals surface area contributed by atoms with Crippen molar-refractivity contribution in [1.82, 2.24) is 14.5 Å². The molecule has 0 aliphatic heterocycles. The van der Waals surface area contributed by atoms with Crippen molar-refractivity contribution in [3.63, 3.8) is 0 Å². The van der Waals surface area contributed by atoms with E-state index >= 15 is 0 Å². The quantitative estimate of drug-likeness (QED) is 0.412. The topological polar surface area (TPSA) is 107 Å². The number of nitriles is 1. The molecule has 4 aromatic rings. The fourth-order valence-electron chi connectivity index (χ4n) is 3.39. The molecular weight excluding hydrogens is 428 g/mol. The molecule has 8 nitrogen and oxygen atoms in total. The molecular formula is C23H20N4O4S. The van der Waals surface area contributed by atoms with Crippen LogP contribution >= 0.6 is 0 Å². The van der Waals surface area contributed by atoms with Crippen LogP contribution in [0.2, 0.25) is 0 Å². The Labute approximate surface area is 185 Å². The first-order valence-corrected chi connectivity index (χ1v) is 11.4. The number of ether oxygens (including phenoxy) is 1. The summed E-state index contributed by atoms with van der Waals surface area (Å²) in [5.41, 5.74) is 3.87. The Hall–Kier alpha value is -3.90. The molecule has 0 spiro atoms. The molecule has 0 radical (unpaired) electrons. The van der Waals surface area contributed by atoms with Crippen molar-refractivity contribution < 1.29 is 17.3 Å². The molecule has 9 heteroatoms. The number of fused-ring (bicyclic) bond motifs is 1. The lowest BCUT2D eigenvalue weighted by atomic mass is 10.0. The summed E-state index contributed by atoms with van der Waals surface area (Å²) in [5, 5.41) is 9.77. The fourth-order valence-corrected chi connectivity index (χ4v) is 3.91. The van der Waals surface area contributed by atoms with E-state index in [-0.39, 0.29) is 22.9 Å². The Morgan fingerprint density at radius 1 is 1.09 bits per heavy atom. The van der Waals surface area contributed by atoms with Crippen LogP contribution in [0.3, 0.4) is 0 Å². The smallest absolute Gasteiger partial charge is 0.308 e. The monoisotopic (exact) mass is 448 g/mol. The van der Waals surface area contributed by atoms with Crippen molar-refractivity contribution in [2.45, 2.75) is 6.92 Å². The molecule has 2 heterocycles. The van der Waals surface area contributed by atoms with E-state index in [0.717, 1.165) is 11.0 Å². The highest BCUT2D eigenvalue weighted by atomic mass is 32.2. The summed E-state index contributed by atoms with van der Waals surface area (Å²) in [6, 6.07) is 18.1. The molecule has 0 aliphatic carbocycles. The van der Waals surface area contributed by atoms with E-state index in [1.165, 1.54) is 14.0 Å². The SMILES string of the molecule is CCS(=O)(=O)Oc1ccc(-c2cc(-c3nc4ccccc4n3C)nc(OC)c2C#N)cc1. The zero-order valence-corrected chi connectivity index (χ0v) is 18.5. The van der Waals surface area contributed by atoms with Gasteiger partial charge in [0.2, 0.25) is 5.88 Å². The molecule has 0 aliphatic rings. The van der Waals surface area contributed by atoms with Gasteiger partial charge in [-0.3, -0.25) is 0 Å². The fraction of sp³-hybridized carbons (Fsp3) is 0.174. The van der Waals surface area contributed by atoms with Crippen LogP contribution in [-0.4, -0.2) is 35.8 Å². The Bertz CT molecular complexity index is 1450. The number of hydrogen-bond donors (Lipinski definition) is 0. The van der Waals surface area contributed by atoms with Gasteiger partial charge in [-0.25, -0.2) is 9.97 Å². The number of para-hydroxylation sites is 2. The summed E-state index contributed by atoms with van der Waals surface area (Å²) in [7, 11) is -0.271. The van der Waals surface area contributed by atoms with Gasteiger partial charge in [0, 0.05) is 12.6 Å². The van der Waals surface area contributed by atoms with Gasteiger partial charge in [0.05, 0.1) is 23.9 Å². The average molecular weight is 449 g/mol. The van der Waals surface area contributed by atoms with Crippen LogP contribution in [0.4, 0.5) is 0 Å². The Balaban J connectivity index is 1.85.